The highest BCUT2D eigenvalue weighted by Gasteiger charge is 2.23. The zero-order valence-corrected chi connectivity index (χ0v) is 14.3. The van der Waals surface area contributed by atoms with Gasteiger partial charge in [0.05, 0.1) is 5.69 Å². The predicted molar refractivity (Wildman–Crippen MR) is 94.4 cm³/mol. The summed E-state index contributed by atoms with van der Waals surface area (Å²) in [6.45, 7) is 2.52. The second-order valence-electron chi connectivity index (χ2n) is 5.54. The van der Waals surface area contributed by atoms with E-state index in [1.165, 1.54) is 35.6 Å². The van der Waals surface area contributed by atoms with E-state index in [4.69, 9.17) is 5.73 Å². The number of aryl methyl sites for hydroxylation is 1. The molecule has 5 nitrogen and oxygen atoms in total. The van der Waals surface area contributed by atoms with Crippen LogP contribution >= 0.6 is 11.3 Å². The number of nitrogen functional groups attached to an aromatic ring is 1. The summed E-state index contributed by atoms with van der Waals surface area (Å²) in [6, 6.07) is 9.32. The Labute approximate surface area is 146 Å². The van der Waals surface area contributed by atoms with Crippen molar-refractivity contribution in [1.29, 1.82) is 0 Å². The molecule has 0 saturated carbocycles. The third-order valence-electron chi connectivity index (χ3n) is 3.35. The first kappa shape index (κ1) is 17.1. The van der Waals surface area contributed by atoms with Crippen molar-refractivity contribution in [2.24, 2.45) is 0 Å². The normalized spacial score (nSPS) is 11.5. The maximum absolute atomic E-state index is 12.8. The van der Waals surface area contributed by atoms with Gasteiger partial charge in [-0.2, -0.15) is 8.78 Å². The number of alkyl halides is 2. The predicted octanol–water partition coefficient (Wildman–Crippen LogP) is 4.43. The lowest BCUT2D eigenvalue weighted by Gasteiger charge is -2.13. The van der Waals surface area contributed by atoms with Crippen molar-refractivity contribution >= 4 is 38.8 Å². The van der Waals surface area contributed by atoms with Crippen LogP contribution in [-0.2, 0) is 0 Å². The van der Waals surface area contributed by atoms with E-state index in [2.05, 4.69) is 15.0 Å². The first-order valence-electron chi connectivity index (χ1n) is 7.37. The number of nitrogens with two attached hydrogens (primary N) is 1. The van der Waals surface area contributed by atoms with Gasteiger partial charge < -0.3 is 15.8 Å². The van der Waals surface area contributed by atoms with Gasteiger partial charge in [-0.1, -0.05) is 0 Å². The molecule has 130 valence electrons. The van der Waals surface area contributed by atoms with Gasteiger partial charge in [-0.3, -0.25) is 4.79 Å². The average Bonchev–Trinajstić information content (AvgIpc) is 2.84. The molecule has 3 aromatic rings. The number of hydrogen-bond donors (Lipinski definition) is 2. The van der Waals surface area contributed by atoms with Crippen molar-refractivity contribution in [2.75, 3.05) is 11.1 Å². The van der Waals surface area contributed by atoms with Gasteiger partial charge in [0.15, 0.2) is 0 Å². The van der Waals surface area contributed by atoms with Crippen LogP contribution in [-0.4, -0.2) is 17.0 Å². The molecule has 0 aliphatic heterocycles. The molecule has 1 aromatic carbocycles. The fourth-order valence-corrected chi connectivity index (χ4v) is 3.29. The zero-order valence-electron chi connectivity index (χ0n) is 13.5. The largest absolute Gasteiger partial charge is 0.433 e. The first-order chi connectivity index (χ1) is 11.7. The summed E-state index contributed by atoms with van der Waals surface area (Å²) in [5.74, 6) is -0.376. The maximum atomic E-state index is 12.8. The molecule has 0 unspecified atom stereocenters. The van der Waals surface area contributed by atoms with Crippen LogP contribution in [0.5, 0.6) is 5.75 Å². The quantitative estimate of drug-likeness (QED) is 0.719. The number of carbonyl (C=O) groups excluding carboxylic acids is 1. The standard InChI is InChI=1S/C17H15F2N3O2S/c1-9-3-8-12-13(20)14(25-16(12)21-9)15(23)22-10-4-6-11(7-5-10)24-17(2,18)19/h3-8H,20H2,1-2H3,(H,22,23). The van der Waals surface area contributed by atoms with Crippen molar-refractivity contribution in [3.8, 4) is 5.75 Å². The van der Waals surface area contributed by atoms with Gasteiger partial charge in [-0.05, 0) is 43.3 Å². The number of amides is 1. The van der Waals surface area contributed by atoms with E-state index < -0.39 is 6.11 Å². The molecule has 0 atom stereocenters. The number of pyridine rings is 1. The third kappa shape index (κ3) is 3.85. The van der Waals surface area contributed by atoms with Crippen LogP contribution in [0.4, 0.5) is 20.2 Å². The Hall–Kier alpha value is -2.74. The molecule has 3 N–H and O–H groups in total. The number of hydrogen-bond acceptors (Lipinski definition) is 5. The van der Waals surface area contributed by atoms with Crippen LogP contribution in [0.2, 0.25) is 0 Å². The van der Waals surface area contributed by atoms with Gasteiger partial charge in [-0.25, -0.2) is 4.98 Å². The van der Waals surface area contributed by atoms with E-state index >= 15 is 0 Å². The van der Waals surface area contributed by atoms with Gasteiger partial charge in [0.1, 0.15) is 15.5 Å². The van der Waals surface area contributed by atoms with Gasteiger partial charge in [0.2, 0.25) is 0 Å². The van der Waals surface area contributed by atoms with Crippen molar-refractivity contribution in [3.05, 3.63) is 47.0 Å². The number of fused-ring (bicyclic) bond motifs is 1. The van der Waals surface area contributed by atoms with Crippen LogP contribution < -0.4 is 15.8 Å². The van der Waals surface area contributed by atoms with Crippen LogP contribution in [0, 0.1) is 6.92 Å². The van der Waals surface area contributed by atoms with E-state index in [0.29, 0.717) is 28.0 Å². The molecule has 0 saturated heterocycles. The van der Waals surface area contributed by atoms with Crippen molar-refractivity contribution in [1.82, 2.24) is 4.98 Å². The molecule has 3 rings (SSSR count). The molecular weight excluding hydrogens is 348 g/mol. The number of rotatable bonds is 4. The van der Waals surface area contributed by atoms with Gasteiger partial charge in [0, 0.05) is 23.7 Å². The van der Waals surface area contributed by atoms with Crippen molar-refractivity contribution < 1.29 is 18.3 Å². The summed E-state index contributed by atoms with van der Waals surface area (Å²) in [5.41, 5.74) is 7.69. The molecule has 0 aliphatic carbocycles. The second-order valence-corrected chi connectivity index (χ2v) is 6.54. The Balaban J connectivity index is 1.79. The Kier molecular flexibility index (Phi) is 4.30. The molecule has 8 heteroatoms. The average molecular weight is 363 g/mol. The lowest BCUT2D eigenvalue weighted by molar-refractivity contribution is -0.158. The lowest BCUT2D eigenvalue weighted by Crippen LogP contribution is -2.19. The molecule has 0 bridgehead atoms. The highest BCUT2D eigenvalue weighted by Crippen LogP contribution is 2.33. The summed E-state index contributed by atoms with van der Waals surface area (Å²) >= 11 is 1.20. The molecule has 2 aromatic heterocycles. The highest BCUT2D eigenvalue weighted by molar-refractivity contribution is 7.21. The topological polar surface area (TPSA) is 77.2 Å². The number of aromatic nitrogens is 1. The third-order valence-corrected chi connectivity index (χ3v) is 4.46. The second kappa shape index (κ2) is 6.29. The van der Waals surface area contributed by atoms with Crippen LogP contribution in [0.15, 0.2) is 36.4 Å². The number of nitrogens with one attached hydrogen (secondary N) is 1. The fraction of sp³-hybridized carbons (Fsp3) is 0.176. The zero-order chi connectivity index (χ0) is 18.2. The van der Waals surface area contributed by atoms with E-state index in [1.807, 2.05) is 19.1 Å². The number of nitrogens with zero attached hydrogens (tertiary/aromatic N) is 1. The van der Waals surface area contributed by atoms with Gasteiger partial charge in [0.25, 0.3) is 5.91 Å². The molecule has 0 radical (unpaired) electrons. The molecule has 1 amide bonds. The fourth-order valence-electron chi connectivity index (χ4n) is 2.26. The Bertz CT molecular complexity index is 933. The number of thiophene rings is 1. The highest BCUT2D eigenvalue weighted by atomic mass is 32.1. The number of halogens is 2. The van der Waals surface area contributed by atoms with Gasteiger partial charge >= 0.3 is 6.11 Å². The minimum absolute atomic E-state index is 0.00606. The molecule has 0 fully saturated rings. The summed E-state index contributed by atoms with van der Waals surface area (Å²) in [6.07, 6.45) is -3.26. The van der Waals surface area contributed by atoms with E-state index in [0.717, 1.165) is 11.1 Å². The van der Waals surface area contributed by atoms with Crippen molar-refractivity contribution in [3.63, 3.8) is 0 Å². The summed E-state index contributed by atoms with van der Waals surface area (Å²) in [5, 5.41) is 3.42. The van der Waals surface area contributed by atoms with Gasteiger partial charge in [-0.15, -0.1) is 11.3 Å². The number of ether oxygens (including phenoxy) is 1. The monoisotopic (exact) mass is 363 g/mol. The Morgan fingerprint density at radius 1 is 1.24 bits per heavy atom. The molecule has 2 heterocycles. The van der Waals surface area contributed by atoms with E-state index in [1.54, 1.807) is 0 Å². The van der Waals surface area contributed by atoms with Crippen LogP contribution in [0.25, 0.3) is 10.2 Å². The minimum atomic E-state index is -3.26. The van der Waals surface area contributed by atoms with Crippen molar-refractivity contribution in [2.45, 2.75) is 20.0 Å². The summed E-state index contributed by atoms with van der Waals surface area (Å²) < 4.78 is 30.1. The molecule has 25 heavy (non-hydrogen) atoms. The van der Waals surface area contributed by atoms with E-state index in [-0.39, 0.29) is 11.7 Å². The maximum Gasteiger partial charge on any atom is 0.394 e. The van der Waals surface area contributed by atoms with E-state index in [9.17, 15) is 13.6 Å². The number of anilines is 2. The molecular formula is C17H15F2N3O2S. The van der Waals surface area contributed by atoms with Crippen LogP contribution in [0.1, 0.15) is 22.3 Å². The Morgan fingerprint density at radius 2 is 1.92 bits per heavy atom. The summed E-state index contributed by atoms with van der Waals surface area (Å²) in [7, 11) is 0. The SMILES string of the molecule is Cc1ccc2c(N)c(C(=O)Nc3ccc(OC(C)(F)F)cc3)sc2n1. The minimum Gasteiger partial charge on any atom is -0.433 e. The molecule has 0 spiro atoms. The summed E-state index contributed by atoms with van der Waals surface area (Å²) in [4.78, 5) is 17.9. The smallest absolute Gasteiger partial charge is 0.394 e. The van der Waals surface area contributed by atoms with Crippen LogP contribution in [0.3, 0.4) is 0 Å². The first-order valence-corrected chi connectivity index (χ1v) is 8.18. The lowest BCUT2D eigenvalue weighted by atomic mass is 10.2. The molecule has 0 aliphatic rings. The number of benzene rings is 1. The Morgan fingerprint density at radius 3 is 2.56 bits per heavy atom. The number of carbonyl (C=O) groups is 1.